The lowest BCUT2D eigenvalue weighted by molar-refractivity contribution is 0.122. The van der Waals surface area contributed by atoms with Crippen LogP contribution in [0.4, 0.5) is 11.6 Å². The summed E-state index contributed by atoms with van der Waals surface area (Å²) in [7, 11) is 0. The van der Waals surface area contributed by atoms with Crippen LogP contribution < -0.4 is 10.2 Å². The zero-order chi connectivity index (χ0) is 20.1. The van der Waals surface area contributed by atoms with Crippen molar-refractivity contribution in [3.05, 3.63) is 42.1 Å². The Morgan fingerprint density at radius 3 is 2.73 bits per heavy atom. The molecule has 0 radical (unpaired) electrons. The lowest BCUT2D eigenvalue weighted by Crippen LogP contribution is -2.37. The molecule has 2 fully saturated rings. The third-order valence-corrected chi connectivity index (χ3v) is 6.01. The minimum Gasteiger partial charge on any atom is -0.378 e. The van der Waals surface area contributed by atoms with Crippen molar-refractivity contribution in [1.82, 2.24) is 15.4 Å². The standard InChI is InChI=1S/C23H23N5O2/c1-14-2-6-19-21(30-27-22(19)25-17-4-5-17)20(14)15-3-7-18-16(12-15)13-24-26-23(18)28-8-10-29-11-9-28/h2-3,6-7,12-13,17H,4-5,8-11H2,1H3,(H,25,27). The highest BCUT2D eigenvalue weighted by Gasteiger charge is 2.24. The van der Waals surface area contributed by atoms with Crippen LogP contribution in [0.1, 0.15) is 18.4 Å². The molecule has 1 saturated heterocycles. The molecule has 0 atom stereocenters. The monoisotopic (exact) mass is 401 g/mol. The molecular weight excluding hydrogens is 378 g/mol. The molecule has 7 heteroatoms. The smallest absolute Gasteiger partial charge is 0.177 e. The number of hydrogen-bond donors (Lipinski definition) is 1. The quantitative estimate of drug-likeness (QED) is 0.550. The maximum Gasteiger partial charge on any atom is 0.177 e. The van der Waals surface area contributed by atoms with Crippen molar-refractivity contribution < 1.29 is 9.26 Å². The summed E-state index contributed by atoms with van der Waals surface area (Å²) in [5.41, 5.74) is 4.16. The molecule has 0 spiro atoms. The number of ether oxygens (including phenoxy) is 1. The fourth-order valence-electron chi connectivity index (χ4n) is 4.22. The molecule has 1 N–H and O–H groups in total. The topological polar surface area (TPSA) is 76.3 Å². The highest BCUT2D eigenvalue weighted by atomic mass is 16.5. The third-order valence-electron chi connectivity index (χ3n) is 6.01. The van der Waals surface area contributed by atoms with Crippen LogP contribution in [0.15, 0.2) is 41.1 Å². The van der Waals surface area contributed by atoms with Gasteiger partial charge in [-0.3, -0.25) is 0 Å². The molecule has 2 aliphatic rings. The highest BCUT2D eigenvalue weighted by Crippen LogP contribution is 2.38. The second-order valence-electron chi connectivity index (χ2n) is 8.15. The average Bonchev–Trinajstić information content (AvgIpc) is 3.52. The Morgan fingerprint density at radius 1 is 1.07 bits per heavy atom. The first-order valence-corrected chi connectivity index (χ1v) is 10.5. The van der Waals surface area contributed by atoms with Crippen LogP contribution in [0.25, 0.3) is 32.9 Å². The summed E-state index contributed by atoms with van der Waals surface area (Å²) in [6, 6.07) is 11.2. The summed E-state index contributed by atoms with van der Waals surface area (Å²) in [6.45, 7) is 5.23. The first-order valence-electron chi connectivity index (χ1n) is 10.5. The molecule has 1 aliphatic carbocycles. The van der Waals surface area contributed by atoms with Gasteiger partial charge in [0.2, 0.25) is 0 Å². The van der Waals surface area contributed by atoms with Crippen molar-refractivity contribution in [3.8, 4) is 11.1 Å². The van der Waals surface area contributed by atoms with Crippen molar-refractivity contribution in [2.75, 3.05) is 36.5 Å². The first-order chi connectivity index (χ1) is 14.8. The molecule has 7 nitrogen and oxygen atoms in total. The number of benzene rings is 2. The van der Waals surface area contributed by atoms with Gasteiger partial charge >= 0.3 is 0 Å². The molecule has 6 rings (SSSR count). The molecule has 4 aromatic rings. The van der Waals surface area contributed by atoms with Crippen LogP contribution in [0.3, 0.4) is 0 Å². The summed E-state index contributed by atoms with van der Waals surface area (Å²) in [5, 5.41) is 19.7. The first kappa shape index (κ1) is 17.7. The molecule has 2 aromatic heterocycles. The number of aromatic nitrogens is 3. The summed E-state index contributed by atoms with van der Waals surface area (Å²) < 4.78 is 11.3. The highest BCUT2D eigenvalue weighted by molar-refractivity contribution is 6.02. The van der Waals surface area contributed by atoms with Crippen LogP contribution >= 0.6 is 0 Å². The summed E-state index contributed by atoms with van der Waals surface area (Å²) >= 11 is 0. The molecule has 152 valence electrons. The van der Waals surface area contributed by atoms with Gasteiger partial charge in [0.25, 0.3) is 0 Å². The molecule has 0 unspecified atom stereocenters. The normalized spacial score (nSPS) is 17.0. The van der Waals surface area contributed by atoms with Gasteiger partial charge in [0.1, 0.15) is 0 Å². The number of nitrogens with one attached hydrogen (secondary N) is 1. The van der Waals surface area contributed by atoms with E-state index in [1.54, 1.807) is 0 Å². The minimum atomic E-state index is 0.529. The van der Waals surface area contributed by atoms with E-state index in [2.05, 4.69) is 62.8 Å². The number of morpholine rings is 1. The van der Waals surface area contributed by atoms with Crippen LogP contribution in [0.5, 0.6) is 0 Å². The van der Waals surface area contributed by atoms with Gasteiger partial charge in [0.05, 0.1) is 24.8 Å². The Balaban J connectivity index is 1.46. The Labute approximate surface area is 174 Å². The van der Waals surface area contributed by atoms with Crippen molar-refractivity contribution in [3.63, 3.8) is 0 Å². The van der Waals surface area contributed by atoms with E-state index in [4.69, 9.17) is 9.26 Å². The van der Waals surface area contributed by atoms with E-state index < -0.39 is 0 Å². The number of rotatable bonds is 4. The van der Waals surface area contributed by atoms with E-state index in [0.717, 1.165) is 76.4 Å². The van der Waals surface area contributed by atoms with Gasteiger partial charge in [-0.2, -0.15) is 5.10 Å². The van der Waals surface area contributed by atoms with E-state index in [0.29, 0.717) is 6.04 Å². The van der Waals surface area contributed by atoms with Gasteiger partial charge in [-0.15, -0.1) is 5.10 Å². The van der Waals surface area contributed by atoms with Gasteiger partial charge in [0, 0.05) is 35.5 Å². The fourth-order valence-corrected chi connectivity index (χ4v) is 4.22. The van der Waals surface area contributed by atoms with E-state index in [1.165, 1.54) is 12.8 Å². The maximum absolute atomic E-state index is 5.81. The lowest BCUT2D eigenvalue weighted by Gasteiger charge is -2.28. The second kappa shape index (κ2) is 6.95. The van der Waals surface area contributed by atoms with E-state index >= 15 is 0 Å². The van der Waals surface area contributed by atoms with Crippen molar-refractivity contribution in [1.29, 1.82) is 0 Å². The lowest BCUT2D eigenvalue weighted by atomic mass is 9.96. The average molecular weight is 401 g/mol. The summed E-state index contributed by atoms with van der Waals surface area (Å²) in [6.07, 6.45) is 4.23. The van der Waals surface area contributed by atoms with Crippen molar-refractivity contribution in [2.24, 2.45) is 0 Å². The van der Waals surface area contributed by atoms with E-state index in [-0.39, 0.29) is 0 Å². The Hall–Kier alpha value is -3.19. The predicted molar refractivity (Wildman–Crippen MR) is 117 cm³/mol. The molecule has 0 amide bonds. The zero-order valence-electron chi connectivity index (χ0n) is 16.9. The Kier molecular flexibility index (Phi) is 4.09. The second-order valence-corrected chi connectivity index (χ2v) is 8.15. The van der Waals surface area contributed by atoms with Crippen LogP contribution in [-0.2, 0) is 4.74 Å². The SMILES string of the molecule is Cc1ccc2c(NC3CC3)noc2c1-c1ccc2c(N3CCOCC3)nncc2c1. The fraction of sp³-hybridized carbons (Fsp3) is 0.348. The molecule has 30 heavy (non-hydrogen) atoms. The molecule has 3 heterocycles. The van der Waals surface area contributed by atoms with Crippen LogP contribution in [0, 0.1) is 6.92 Å². The Bertz CT molecular complexity index is 1240. The number of hydrogen-bond acceptors (Lipinski definition) is 7. The molecule has 0 bridgehead atoms. The van der Waals surface area contributed by atoms with Crippen molar-refractivity contribution in [2.45, 2.75) is 25.8 Å². The minimum absolute atomic E-state index is 0.529. The van der Waals surface area contributed by atoms with Gasteiger partial charge in [0.15, 0.2) is 17.2 Å². The van der Waals surface area contributed by atoms with Crippen molar-refractivity contribution >= 4 is 33.4 Å². The third kappa shape index (κ3) is 2.97. The molecular formula is C23H23N5O2. The van der Waals surface area contributed by atoms with Gasteiger partial charge in [-0.25, -0.2) is 0 Å². The largest absolute Gasteiger partial charge is 0.378 e. The molecule has 1 saturated carbocycles. The van der Waals surface area contributed by atoms with Crippen LogP contribution in [0.2, 0.25) is 0 Å². The molecule has 2 aromatic carbocycles. The van der Waals surface area contributed by atoms with Gasteiger partial charge in [-0.1, -0.05) is 17.3 Å². The number of anilines is 2. The van der Waals surface area contributed by atoms with E-state index in [1.807, 2.05) is 6.20 Å². The summed E-state index contributed by atoms with van der Waals surface area (Å²) in [5.74, 6) is 1.77. The number of fused-ring (bicyclic) bond motifs is 2. The molecule has 1 aliphatic heterocycles. The van der Waals surface area contributed by atoms with E-state index in [9.17, 15) is 0 Å². The van der Waals surface area contributed by atoms with Gasteiger partial charge in [-0.05, 0) is 49.1 Å². The number of aryl methyl sites for hydroxylation is 1. The van der Waals surface area contributed by atoms with Crippen LogP contribution in [-0.4, -0.2) is 47.7 Å². The Morgan fingerprint density at radius 2 is 1.90 bits per heavy atom. The maximum atomic E-state index is 5.81. The summed E-state index contributed by atoms with van der Waals surface area (Å²) in [4.78, 5) is 2.25. The predicted octanol–water partition coefficient (Wildman–Crippen LogP) is 4.16. The zero-order valence-corrected chi connectivity index (χ0v) is 16.9. The van der Waals surface area contributed by atoms with Gasteiger partial charge < -0.3 is 19.5 Å². The number of nitrogens with zero attached hydrogens (tertiary/aromatic N) is 4.